The Hall–Kier alpha value is -1.36. The van der Waals surface area contributed by atoms with Crippen LogP contribution in [0.2, 0.25) is 0 Å². The maximum atomic E-state index is 12.0. The highest BCUT2D eigenvalue weighted by atomic mass is 16.3. The topological polar surface area (TPSA) is 78.0 Å². The van der Waals surface area contributed by atoms with E-state index in [9.17, 15) is 9.90 Å². The van der Waals surface area contributed by atoms with Crippen LogP contribution in [0.5, 0.6) is 0 Å². The second kappa shape index (κ2) is 5.52. The number of hydrogen-bond acceptors (Lipinski definition) is 3. The van der Waals surface area contributed by atoms with Gasteiger partial charge in [-0.15, -0.1) is 0 Å². The van der Waals surface area contributed by atoms with E-state index in [0.29, 0.717) is 6.42 Å². The number of aliphatic hydroxyl groups excluding tert-OH is 1. The number of aryl methyl sites for hydroxylation is 2. The monoisotopic (exact) mass is 251 g/mol. The number of nitrogens with zero attached hydrogens (tertiary/aromatic N) is 1. The number of aliphatic hydroxyl groups is 1. The highest BCUT2D eigenvalue weighted by Crippen LogP contribution is 2.18. The lowest BCUT2D eigenvalue weighted by molar-refractivity contribution is -0.122. The number of nitrogens with one attached hydrogen (secondary N) is 2. The number of hydrogen-bond donors (Lipinski definition) is 3. The van der Waals surface area contributed by atoms with Crippen LogP contribution in [0.15, 0.2) is 0 Å². The number of rotatable bonds is 3. The molecule has 2 atom stereocenters. The molecular weight excluding hydrogens is 230 g/mol. The van der Waals surface area contributed by atoms with Crippen molar-refractivity contribution in [1.82, 2.24) is 15.5 Å². The van der Waals surface area contributed by atoms with Gasteiger partial charge in [-0.2, -0.15) is 5.10 Å². The predicted molar refractivity (Wildman–Crippen MR) is 68.2 cm³/mol. The molecule has 0 aliphatic heterocycles. The lowest BCUT2D eigenvalue weighted by atomic mass is 9.92. The van der Waals surface area contributed by atoms with Gasteiger partial charge in [0.1, 0.15) is 0 Å². The molecule has 5 nitrogen and oxygen atoms in total. The zero-order valence-electron chi connectivity index (χ0n) is 11.0. The van der Waals surface area contributed by atoms with Crippen LogP contribution in [-0.4, -0.2) is 33.4 Å². The van der Waals surface area contributed by atoms with E-state index in [4.69, 9.17) is 0 Å². The molecule has 1 amide bonds. The molecule has 0 saturated heterocycles. The number of H-pyrrole nitrogens is 1. The average Bonchev–Trinajstić information content (AvgIpc) is 2.64. The molecule has 1 aromatic heterocycles. The van der Waals surface area contributed by atoms with Crippen LogP contribution in [0.25, 0.3) is 0 Å². The summed E-state index contributed by atoms with van der Waals surface area (Å²) in [6, 6.07) is -0.0845. The summed E-state index contributed by atoms with van der Waals surface area (Å²) in [5.41, 5.74) is 2.76. The molecule has 1 saturated carbocycles. The molecule has 0 radical (unpaired) electrons. The highest BCUT2D eigenvalue weighted by Gasteiger charge is 2.24. The molecule has 1 fully saturated rings. The van der Waals surface area contributed by atoms with Crippen molar-refractivity contribution in [3.63, 3.8) is 0 Å². The maximum absolute atomic E-state index is 12.0. The number of carbonyl (C=O) groups excluding carboxylic acids is 1. The third-order valence-electron chi connectivity index (χ3n) is 3.69. The van der Waals surface area contributed by atoms with Gasteiger partial charge in [0.15, 0.2) is 0 Å². The summed E-state index contributed by atoms with van der Waals surface area (Å²) in [7, 11) is 0. The number of carbonyl (C=O) groups is 1. The Balaban J connectivity index is 1.92. The van der Waals surface area contributed by atoms with Gasteiger partial charge in [0.2, 0.25) is 5.91 Å². The van der Waals surface area contributed by atoms with Crippen molar-refractivity contribution in [3.05, 3.63) is 17.0 Å². The Morgan fingerprint density at radius 1 is 1.44 bits per heavy atom. The summed E-state index contributed by atoms with van der Waals surface area (Å²) in [6.45, 7) is 3.81. The Bertz CT molecular complexity index is 408. The molecule has 0 unspecified atom stereocenters. The minimum atomic E-state index is -0.394. The second-order valence-electron chi connectivity index (χ2n) is 5.12. The molecule has 1 aliphatic carbocycles. The number of aromatic nitrogens is 2. The lowest BCUT2D eigenvalue weighted by Crippen LogP contribution is -2.45. The Morgan fingerprint density at radius 3 is 2.78 bits per heavy atom. The van der Waals surface area contributed by atoms with Crippen LogP contribution < -0.4 is 5.32 Å². The van der Waals surface area contributed by atoms with Gasteiger partial charge in [-0.25, -0.2) is 0 Å². The van der Waals surface area contributed by atoms with Crippen molar-refractivity contribution in [2.45, 2.75) is 58.1 Å². The van der Waals surface area contributed by atoms with Gasteiger partial charge >= 0.3 is 0 Å². The summed E-state index contributed by atoms with van der Waals surface area (Å²) in [5, 5.41) is 19.7. The normalized spacial score (nSPS) is 23.9. The Morgan fingerprint density at radius 2 is 2.17 bits per heavy atom. The van der Waals surface area contributed by atoms with Crippen molar-refractivity contribution >= 4 is 5.91 Å². The van der Waals surface area contributed by atoms with Gasteiger partial charge in [0.25, 0.3) is 0 Å². The van der Waals surface area contributed by atoms with Crippen molar-refractivity contribution in [2.24, 2.45) is 0 Å². The van der Waals surface area contributed by atoms with Crippen molar-refractivity contribution in [3.8, 4) is 0 Å². The van der Waals surface area contributed by atoms with E-state index in [-0.39, 0.29) is 11.9 Å². The van der Waals surface area contributed by atoms with Gasteiger partial charge < -0.3 is 10.4 Å². The van der Waals surface area contributed by atoms with Crippen LogP contribution in [-0.2, 0) is 11.2 Å². The van der Waals surface area contributed by atoms with Crippen molar-refractivity contribution < 1.29 is 9.90 Å². The first-order valence-corrected chi connectivity index (χ1v) is 6.56. The molecule has 3 N–H and O–H groups in total. The Labute approximate surface area is 107 Å². The fraction of sp³-hybridized carbons (Fsp3) is 0.692. The van der Waals surface area contributed by atoms with Crippen molar-refractivity contribution in [2.75, 3.05) is 0 Å². The molecule has 1 heterocycles. The fourth-order valence-electron chi connectivity index (χ4n) is 2.53. The number of aromatic amines is 1. The van der Waals surface area contributed by atoms with E-state index in [1.807, 2.05) is 13.8 Å². The van der Waals surface area contributed by atoms with Crippen LogP contribution in [0.1, 0.15) is 42.6 Å². The molecule has 100 valence electrons. The summed E-state index contributed by atoms with van der Waals surface area (Å²) >= 11 is 0. The minimum Gasteiger partial charge on any atom is -0.391 e. The largest absolute Gasteiger partial charge is 0.391 e. The highest BCUT2D eigenvalue weighted by molar-refractivity contribution is 5.79. The van der Waals surface area contributed by atoms with E-state index in [2.05, 4.69) is 15.5 Å². The smallest absolute Gasteiger partial charge is 0.224 e. The average molecular weight is 251 g/mol. The fourth-order valence-corrected chi connectivity index (χ4v) is 2.53. The number of amides is 1. The maximum Gasteiger partial charge on any atom is 0.224 e. The third-order valence-corrected chi connectivity index (χ3v) is 3.69. The van der Waals surface area contributed by atoms with Gasteiger partial charge in [0.05, 0.1) is 24.3 Å². The van der Waals surface area contributed by atoms with E-state index in [1.165, 1.54) is 0 Å². The van der Waals surface area contributed by atoms with E-state index in [1.54, 1.807) is 0 Å². The molecule has 1 aromatic rings. The zero-order chi connectivity index (χ0) is 13.1. The quantitative estimate of drug-likeness (QED) is 0.749. The minimum absolute atomic E-state index is 0.0337. The van der Waals surface area contributed by atoms with Crippen LogP contribution in [0.3, 0.4) is 0 Å². The molecular formula is C13H21N3O2. The Kier molecular flexibility index (Phi) is 4.01. The molecule has 0 spiro atoms. The zero-order valence-corrected chi connectivity index (χ0v) is 11.0. The van der Waals surface area contributed by atoms with Crippen LogP contribution in [0.4, 0.5) is 0 Å². The first-order chi connectivity index (χ1) is 8.58. The molecule has 0 bridgehead atoms. The summed E-state index contributed by atoms with van der Waals surface area (Å²) in [4.78, 5) is 12.0. The van der Waals surface area contributed by atoms with E-state index >= 15 is 0 Å². The predicted octanol–water partition coefficient (Wildman–Crippen LogP) is 0.989. The van der Waals surface area contributed by atoms with Crippen molar-refractivity contribution in [1.29, 1.82) is 0 Å². The van der Waals surface area contributed by atoms with Gasteiger partial charge in [-0.1, -0.05) is 12.8 Å². The first-order valence-electron chi connectivity index (χ1n) is 6.56. The van der Waals surface area contributed by atoms with Gasteiger partial charge in [0, 0.05) is 11.3 Å². The van der Waals surface area contributed by atoms with Crippen LogP contribution in [0, 0.1) is 13.8 Å². The second-order valence-corrected chi connectivity index (χ2v) is 5.12. The summed E-state index contributed by atoms with van der Waals surface area (Å²) in [6.07, 6.45) is 3.72. The van der Waals surface area contributed by atoms with Gasteiger partial charge in [-0.3, -0.25) is 9.89 Å². The van der Waals surface area contributed by atoms with Gasteiger partial charge in [-0.05, 0) is 26.7 Å². The molecule has 2 rings (SSSR count). The van der Waals surface area contributed by atoms with E-state index in [0.717, 1.165) is 42.6 Å². The lowest BCUT2D eigenvalue weighted by Gasteiger charge is -2.28. The molecule has 18 heavy (non-hydrogen) atoms. The SMILES string of the molecule is Cc1n[nH]c(C)c1CC(=O)N[C@@H]1CCCC[C@H]1O. The summed E-state index contributed by atoms with van der Waals surface area (Å²) < 4.78 is 0. The molecule has 0 aromatic carbocycles. The first kappa shape index (κ1) is 13.1. The third kappa shape index (κ3) is 2.90. The molecule has 5 heteroatoms. The van der Waals surface area contributed by atoms with E-state index < -0.39 is 6.10 Å². The standard InChI is InChI=1S/C13H21N3O2/c1-8-10(9(2)16-15-8)7-13(18)14-11-5-3-4-6-12(11)17/h11-12,17H,3-7H2,1-2H3,(H,14,18)(H,15,16)/t11-,12-/m1/s1. The summed E-state index contributed by atoms with van der Waals surface area (Å²) in [5.74, 6) is -0.0337. The van der Waals surface area contributed by atoms with Crippen LogP contribution >= 0.6 is 0 Å². The molecule has 1 aliphatic rings.